The largest absolute Gasteiger partial charge is 0.360 e. The molecule has 0 spiro atoms. The zero-order valence-corrected chi connectivity index (χ0v) is 19.0. The Balaban J connectivity index is 2.35. The lowest BCUT2D eigenvalue weighted by Crippen LogP contribution is -2.34. The first-order valence-corrected chi connectivity index (χ1v) is 12.0. The number of nitrogens with zero attached hydrogens (tertiary/aromatic N) is 3. The number of nitriles is 2. The van der Waals surface area contributed by atoms with E-state index in [9.17, 15) is 23.3 Å². The molecule has 0 fully saturated rings. The second-order valence-corrected chi connectivity index (χ2v) is 9.09. The van der Waals surface area contributed by atoms with Crippen molar-refractivity contribution in [2.75, 3.05) is 24.7 Å². The van der Waals surface area contributed by atoms with Crippen molar-refractivity contribution in [3.63, 3.8) is 0 Å². The van der Waals surface area contributed by atoms with Gasteiger partial charge in [0, 0.05) is 18.4 Å². The van der Waals surface area contributed by atoms with Crippen LogP contribution >= 0.6 is 11.3 Å². The number of rotatable bonds is 9. The standard InChI is InChI=1S/C20H21N5O5S2/c1-3-25-19(27)17(31-20(25)16(12-22)18(26)23-9-8-21)13-24-15-6-4-5-14(11-15)7-10-30-32(2,28)29/h4-6,11,13,24H,3,7,9-10H2,1-2H3,(H,23,26)/b17-13+,20-16-. The molecule has 2 rings (SSSR count). The van der Waals surface area contributed by atoms with E-state index in [2.05, 4.69) is 10.6 Å². The molecule has 0 radical (unpaired) electrons. The van der Waals surface area contributed by atoms with E-state index in [4.69, 9.17) is 9.44 Å². The highest BCUT2D eigenvalue weighted by atomic mass is 32.2. The van der Waals surface area contributed by atoms with Gasteiger partial charge in [-0.1, -0.05) is 12.1 Å². The van der Waals surface area contributed by atoms with Crippen molar-refractivity contribution in [3.8, 4) is 12.1 Å². The van der Waals surface area contributed by atoms with E-state index in [1.54, 1.807) is 31.2 Å². The van der Waals surface area contributed by atoms with Crippen LogP contribution < -0.4 is 25.4 Å². The van der Waals surface area contributed by atoms with Gasteiger partial charge in [0.1, 0.15) is 21.8 Å². The van der Waals surface area contributed by atoms with E-state index in [0.29, 0.717) is 12.1 Å². The van der Waals surface area contributed by atoms with Crippen LogP contribution in [0.2, 0.25) is 0 Å². The van der Waals surface area contributed by atoms with Crippen LogP contribution in [0, 0.1) is 22.7 Å². The van der Waals surface area contributed by atoms with Crippen molar-refractivity contribution in [1.82, 2.24) is 9.88 Å². The molecule has 32 heavy (non-hydrogen) atoms. The van der Waals surface area contributed by atoms with Crippen molar-refractivity contribution < 1.29 is 17.4 Å². The summed E-state index contributed by atoms with van der Waals surface area (Å²) in [5, 5.41) is 23.4. The maximum atomic E-state index is 12.7. The highest BCUT2D eigenvalue weighted by Gasteiger charge is 2.14. The van der Waals surface area contributed by atoms with Crippen molar-refractivity contribution in [1.29, 1.82) is 10.5 Å². The molecule has 2 N–H and O–H groups in total. The second kappa shape index (κ2) is 11.2. The third-order valence-electron chi connectivity index (χ3n) is 4.09. The summed E-state index contributed by atoms with van der Waals surface area (Å²) in [5.41, 5.74) is 0.893. The molecule has 1 heterocycles. The summed E-state index contributed by atoms with van der Waals surface area (Å²) in [6, 6.07) is 10.7. The molecule has 1 amide bonds. The fourth-order valence-corrected chi connectivity index (χ4v) is 4.15. The number of hydrogen-bond acceptors (Lipinski definition) is 9. The van der Waals surface area contributed by atoms with Gasteiger partial charge >= 0.3 is 0 Å². The maximum Gasteiger partial charge on any atom is 0.270 e. The smallest absolute Gasteiger partial charge is 0.270 e. The van der Waals surface area contributed by atoms with Gasteiger partial charge in [-0.3, -0.25) is 18.3 Å². The van der Waals surface area contributed by atoms with E-state index in [1.807, 2.05) is 12.1 Å². The Labute approximate surface area is 188 Å². The van der Waals surface area contributed by atoms with Crippen LogP contribution in [0.1, 0.15) is 12.5 Å². The van der Waals surface area contributed by atoms with E-state index < -0.39 is 16.0 Å². The predicted molar refractivity (Wildman–Crippen MR) is 120 cm³/mol. The van der Waals surface area contributed by atoms with Crippen LogP contribution in [-0.4, -0.2) is 38.3 Å². The Morgan fingerprint density at radius 2 is 2.09 bits per heavy atom. The highest BCUT2D eigenvalue weighted by Crippen LogP contribution is 2.11. The molecule has 2 aromatic rings. The van der Waals surface area contributed by atoms with Crippen LogP contribution in [0.25, 0.3) is 11.8 Å². The number of nitrogens with one attached hydrogen (secondary N) is 2. The van der Waals surface area contributed by atoms with Gasteiger partial charge in [0.2, 0.25) is 0 Å². The first kappa shape index (κ1) is 24.8. The van der Waals surface area contributed by atoms with Gasteiger partial charge in [-0.15, -0.1) is 11.3 Å². The number of amides is 1. The van der Waals surface area contributed by atoms with E-state index >= 15 is 0 Å². The van der Waals surface area contributed by atoms with E-state index in [1.165, 1.54) is 10.8 Å². The Morgan fingerprint density at radius 1 is 1.34 bits per heavy atom. The second-order valence-electron chi connectivity index (χ2n) is 6.41. The molecular weight excluding hydrogens is 454 g/mol. The lowest BCUT2D eigenvalue weighted by Gasteiger charge is -2.05. The van der Waals surface area contributed by atoms with Gasteiger partial charge < -0.3 is 10.6 Å². The Hall–Kier alpha value is -3.45. The van der Waals surface area contributed by atoms with Gasteiger partial charge in [0.15, 0.2) is 5.57 Å². The number of thiazole rings is 1. The molecule has 0 aliphatic heterocycles. The molecule has 168 valence electrons. The highest BCUT2D eigenvalue weighted by molar-refractivity contribution is 7.85. The summed E-state index contributed by atoms with van der Waals surface area (Å²) in [6.45, 7) is 1.74. The fraction of sp³-hybridized carbons (Fsp3) is 0.300. The Bertz CT molecular complexity index is 1360. The first-order chi connectivity index (χ1) is 15.2. The van der Waals surface area contributed by atoms with Crippen molar-refractivity contribution in [2.24, 2.45) is 0 Å². The van der Waals surface area contributed by atoms with E-state index in [0.717, 1.165) is 23.2 Å². The summed E-state index contributed by atoms with van der Waals surface area (Å²) in [7, 11) is -3.51. The minimum Gasteiger partial charge on any atom is -0.360 e. The molecule has 0 saturated carbocycles. The van der Waals surface area contributed by atoms with Crippen LogP contribution in [0.4, 0.5) is 5.69 Å². The van der Waals surface area contributed by atoms with Crippen LogP contribution in [0.3, 0.4) is 0 Å². The quantitative estimate of drug-likeness (QED) is 0.367. The van der Waals surface area contributed by atoms with Crippen LogP contribution in [0.15, 0.2) is 29.1 Å². The predicted octanol–water partition coefficient (Wildman–Crippen LogP) is -0.387. The van der Waals surface area contributed by atoms with Crippen LogP contribution in [-0.2, 0) is 32.1 Å². The van der Waals surface area contributed by atoms with E-state index in [-0.39, 0.29) is 40.0 Å². The van der Waals surface area contributed by atoms with Gasteiger partial charge in [0.25, 0.3) is 21.6 Å². The molecule has 12 heteroatoms. The van der Waals surface area contributed by atoms with Crippen molar-refractivity contribution in [3.05, 3.63) is 49.4 Å². The van der Waals surface area contributed by atoms with Crippen molar-refractivity contribution in [2.45, 2.75) is 19.9 Å². The molecule has 1 aromatic heterocycles. The first-order valence-electron chi connectivity index (χ1n) is 9.39. The zero-order chi connectivity index (χ0) is 23.7. The third-order valence-corrected chi connectivity index (χ3v) is 5.81. The van der Waals surface area contributed by atoms with Crippen molar-refractivity contribution >= 4 is 44.8 Å². The fourth-order valence-electron chi connectivity index (χ4n) is 2.67. The normalized spacial score (nSPS) is 12.6. The lowest BCUT2D eigenvalue weighted by atomic mass is 10.1. The average molecular weight is 476 g/mol. The maximum absolute atomic E-state index is 12.7. The minimum absolute atomic E-state index is 0.0160. The number of anilines is 1. The summed E-state index contributed by atoms with van der Waals surface area (Å²) < 4.78 is 28.7. The number of carbonyl (C=O) groups is 1. The van der Waals surface area contributed by atoms with Gasteiger partial charge in [-0.25, -0.2) is 0 Å². The summed E-state index contributed by atoms with van der Waals surface area (Å²) in [5.74, 6) is -0.721. The SMILES string of the molecule is CCn1c(=O)/c(=C\Nc2cccc(CCOS(C)(=O)=O)c2)s/c1=C(/C#N)C(=O)NCC#N. The monoisotopic (exact) mass is 475 g/mol. The Kier molecular flexibility index (Phi) is 8.72. The number of aromatic nitrogens is 1. The van der Waals surface area contributed by atoms with Crippen LogP contribution in [0.5, 0.6) is 0 Å². The van der Waals surface area contributed by atoms with Gasteiger partial charge in [0.05, 0.1) is 18.9 Å². The average Bonchev–Trinajstić information content (AvgIpc) is 3.05. The Morgan fingerprint density at radius 3 is 2.72 bits per heavy atom. The number of hydrogen-bond donors (Lipinski definition) is 2. The summed E-state index contributed by atoms with van der Waals surface area (Å²) >= 11 is 0.988. The zero-order valence-electron chi connectivity index (χ0n) is 17.4. The molecule has 1 aromatic carbocycles. The molecule has 0 saturated heterocycles. The molecule has 0 unspecified atom stereocenters. The molecule has 0 atom stereocenters. The summed E-state index contributed by atoms with van der Waals surface area (Å²) in [4.78, 5) is 24.9. The molecule has 0 aliphatic carbocycles. The van der Waals surface area contributed by atoms with Gasteiger partial charge in [-0.05, 0) is 31.0 Å². The van der Waals surface area contributed by atoms with Gasteiger partial charge in [-0.2, -0.15) is 18.9 Å². The molecule has 10 nitrogen and oxygen atoms in total. The number of benzene rings is 1. The molecule has 0 aliphatic rings. The molecule has 0 bridgehead atoms. The topological polar surface area (TPSA) is 154 Å². The summed E-state index contributed by atoms with van der Waals surface area (Å²) in [6.07, 6.45) is 2.85. The lowest BCUT2D eigenvalue weighted by molar-refractivity contribution is -0.115. The third kappa shape index (κ3) is 6.78. The molecular formula is C20H21N5O5S2. The minimum atomic E-state index is -3.51. The number of carbonyl (C=O) groups excluding carboxylic acids is 1.